The van der Waals surface area contributed by atoms with Crippen molar-refractivity contribution in [2.24, 2.45) is 11.8 Å². The lowest BCUT2D eigenvalue weighted by Gasteiger charge is -2.18. The van der Waals surface area contributed by atoms with E-state index in [0.717, 1.165) is 36.6 Å². The minimum atomic E-state index is -0.684. The van der Waals surface area contributed by atoms with Gasteiger partial charge in [0, 0.05) is 22.8 Å². The minimum Gasteiger partial charge on any atom is -0.392 e. The molecule has 9 heteroatoms. The zero-order chi connectivity index (χ0) is 24.4. The summed E-state index contributed by atoms with van der Waals surface area (Å²) in [6.07, 6.45) is 8.27. The summed E-state index contributed by atoms with van der Waals surface area (Å²) in [5.41, 5.74) is 1.56. The quantitative estimate of drug-likeness (QED) is 0.269. The van der Waals surface area contributed by atoms with Crippen molar-refractivity contribution in [2.75, 3.05) is 11.5 Å². The lowest BCUT2D eigenvalue weighted by Crippen LogP contribution is -2.32. The van der Waals surface area contributed by atoms with E-state index in [9.17, 15) is 23.6 Å². The van der Waals surface area contributed by atoms with Crippen LogP contribution in [-0.4, -0.2) is 30.4 Å². The van der Waals surface area contributed by atoms with E-state index >= 15 is 0 Å². The van der Waals surface area contributed by atoms with Crippen molar-refractivity contribution in [3.63, 3.8) is 0 Å². The number of carbonyl (C=O) groups is 4. The number of esters is 2. The topological polar surface area (TPSA) is 90.0 Å². The van der Waals surface area contributed by atoms with E-state index in [1.54, 1.807) is 6.08 Å². The Labute approximate surface area is 201 Å². The van der Waals surface area contributed by atoms with Crippen molar-refractivity contribution in [1.82, 2.24) is 0 Å². The lowest BCUT2D eigenvalue weighted by atomic mass is 9.86. The van der Waals surface area contributed by atoms with Crippen LogP contribution in [0.1, 0.15) is 51.0 Å². The smallest absolute Gasteiger partial charge is 0.321 e. The molecule has 34 heavy (non-hydrogen) atoms. The van der Waals surface area contributed by atoms with Gasteiger partial charge in [0.2, 0.25) is 0 Å². The van der Waals surface area contributed by atoms with Crippen LogP contribution >= 0.6 is 11.6 Å². The van der Waals surface area contributed by atoms with Crippen molar-refractivity contribution in [2.45, 2.75) is 52.1 Å². The summed E-state index contributed by atoms with van der Waals surface area (Å²) in [7, 11) is 0. The summed E-state index contributed by atoms with van der Waals surface area (Å²) in [5.74, 6) is -2.69. The molecule has 0 N–H and O–H groups in total. The Morgan fingerprint density at radius 2 is 1.76 bits per heavy atom. The molecule has 2 aliphatic heterocycles. The highest BCUT2D eigenvalue weighted by atomic mass is 35.5. The first-order valence-corrected chi connectivity index (χ1v) is 11.8. The number of nitrogens with zero attached hydrogens (tertiary/aromatic N) is 1. The molecular weight excluding hydrogens is 465 g/mol. The molecule has 0 saturated carbocycles. The fraction of sp³-hybridized carbons (Fsp3) is 0.440. The highest BCUT2D eigenvalue weighted by Crippen LogP contribution is 2.38. The maximum absolute atomic E-state index is 14.3. The molecule has 2 heterocycles. The normalized spacial score (nSPS) is 23.6. The molecule has 0 bridgehead atoms. The van der Waals surface area contributed by atoms with Gasteiger partial charge in [0.1, 0.15) is 5.82 Å². The maximum Gasteiger partial charge on any atom is 0.321 e. The fourth-order valence-corrected chi connectivity index (χ4v) is 4.82. The van der Waals surface area contributed by atoms with E-state index in [0.29, 0.717) is 36.2 Å². The Kier molecular flexibility index (Phi) is 7.28. The number of anilines is 1. The van der Waals surface area contributed by atoms with Gasteiger partial charge >= 0.3 is 11.9 Å². The van der Waals surface area contributed by atoms with E-state index in [-0.39, 0.29) is 41.1 Å². The Hall–Kier alpha value is -2.84. The van der Waals surface area contributed by atoms with Gasteiger partial charge in [-0.05, 0) is 63.1 Å². The number of ether oxygens (including phenoxy) is 2. The average Bonchev–Trinajstić information content (AvgIpc) is 3.27. The van der Waals surface area contributed by atoms with E-state index < -0.39 is 17.6 Å². The molecule has 0 aromatic heterocycles. The molecule has 1 saturated heterocycles. The fourth-order valence-electron chi connectivity index (χ4n) is 4.62. The van der Waals surface area contributed by atoms with Crippen LogP contribution in [0.3, 0.4) is 0 Å². The number of carbonyl (C=O) groups excluding carboxylic acids is 4. The van der Waals surface area contributed by atoms with Crippen LogP contribution < -0.4 is 4.90 Å². The summed E-state index contributed by atoms with van der Waals surface area (Å²) in [5, 5.41) is 0.219. The Bertz CT molecular complexity index is 1080. The third-order valence-corrected chi connectivity index (χ3v) is 6.76. The van der Waals surface area contributed by atoms with Crippen LogP contribution in [0.2, 0.25) is 5.02 Å². The van der Waals surface area contributed by atoms with Gasteiger partial charge in [-0.1, -0.05) is 23.8 Å². The van der Waals surface area contributed by atoms with Gasteiger partial charge in [-0.25, -0.2) is 9.29 Å². The van der Waals surface area contributed by atoms with Gasteiger partial charge in [-0.2, -0.15) is 0 Å². The number of hydrogen-bond acceptors (Lipinski definition) is 6. The lowest BCUT2D eigenvalue weighted by molar-refractivity contribution is -0.153. The molecular formula is C25H25ClFNO6. The van der Waals surface area contributed by atoms with Crippen LogP contribution in [0.5, 0.6) is 0 Å². The maximum atomic E-state index is 14.3. The summed E-state index contributed by atoms with van der Waals surface area (Å²) < 4.78 is 24.1. The number of imide groups is 1. The van der Waals surface area contributed by atoms with E-state index in [2.05, 4.69) is 4.74 Å². The van der Waals surface area contributed by atoms with Crippen molar-refractivity contribution < 1.29 is 33.0 Å². The predicted molar refractivity (Wildman–Crippen MR) is 121 cm³/mol. The summed E-state index contributed by atoms with van der Waals surface area (Å²) in [6.45, 7) is 2.52. The van der Waals surface area contributed by atoms with Crippen LogP contribution in [0.25, 0.3) is 0 Å². The average molecular weight is 490 g/mol. The Morgan fingerprint density at radius 3 is 2.38 bits per heavy atom. The standard InChI is InChI=1S/C17H17ClFNO3.C8H8O3/c1-2-23-9-10-7-15(14(19)8-13(10)18)20-16(21)11-5-3-4-6-12(11)17(20)22;9-7-5-3-1-2-4-6(5)8(10)11-7/h7-8H,2-6,9H2,1H3;1,3,5-6H,2,4H2. The summed E-state index contributed by atoms with van der Waals surface area (Å²) in [4.78, 5) is 47.9. The molecule has 0 radical (unpaired) electrons. The third kappa shape index (κ3) is 4.57. The first kappa shape index (κ1) is 24.3. The molecule has 2 unspecified atom stereocenters. The summed E-state index contributed by atoms with van der Waals surface area (Å²) in [6, 6.07) is 2.56. The molecule has 1 aromatic rings. The molecule has 2 atom stereocenters. The first-order chi connectivity index (χ1) is 16.3. The van der Waals surface area contributed by atoms with Gasteiger partial charge < -0.3 is 9.47 Å². The van der Waals surface area contributed by atoms with Crippen LogP contribution in [0.4, 0.5) is 10.1 Å². The number of cyclic esters (lactones) is 2. The molecule has 1 aromatic carbocycles. The zero-order valence-electron chi connectivity index (χ0n) is 18.8. The van der Waals surface area contributed by atoms with E-state index in [4.69, 9.17) is 16.3 Å². The monoisotopic (exact) mass is 489 g/mol. The third-order valence-electron chi connectivity index (χ3n) is 6.41. The number of fused-ring (bicyclic) bond motifs is 1. The van der Waals surface area contributed by atoms with Gasteiger partial charge in [0.05, 0.1) is 24.1 Å². The number of halogens is 2. The van der Waals surface area contributed by atoms with Crippen molar-refractivity contribution >= 4 is 41.0 Å². The van der Waals surface area contributed by atoms with E-state index in [1.807, 2.05) is 13.0 Å². The molecule has 2 amide bonds. The highest BCUT2D eigenvalue weighted by Gasteiger charge is 2.43. The predicted octanol–water partition coefficient (Wildman–Crippen LogP) is 4.41. The molecule has 1 fully saturated rings. The second-order valence-corrected chi connectivity index (χ2v) is 8.93. The molecule has 7 nitrogen and oxygen atoms in total. The number of amides is 2. The largest absolute Gasteiger partial charge is 0.392 e. The van der Waals surface area contributed by atoms with Crippen LogP contribution in [-0.2, 0) is 35.3 Å². The molecule has 4 aliphatic rings. The molecule has 2 aliphatic carbocycles. The molecule has 5 rings (SSSR count). The number of hydrogen-bond donors (Lipinski definition) is 0. The summed E-state index contributed by atoms with van der Waals surface area (Å²) >= 11 is 6.02. The van der Waals surface area contributed by atoms with Gasteiger partial charge in [0.15, 0.2) is 0 Å². The Morgan fingerprint density at radius 1 is 1.09 bits per heavy atom. The second-order valence-electron chi connectivity index (χ2n) is 8.52. The Balaban J connectivity index is 0.000000207. The SMILES string of the molecule is CCOCc1cc(N2C(=O)C3=C(CCCC3)C2=O)c(F)cc1Cl.O=C1OC(=O)C2CCC=CC12. The van der Waals surface area contributed by atoms with Gasteiger partial charge in [-0.15, -0.1) is 0 Å². The van der Waals surface area contributed by atoms with Crippen molar-refractivity contribution in [3.05, 3.63) is 51.8 Å². The second kappa shape index (κ2) is 10.2. The number of allylic oxidation sites excluding steroid dienone is 1. The van der Waals surface area contributed by atoms with Crippen LogP contribution in [0, 0.1) is 17.7 Å². The van der Waals surface area contributed by atoms with Gasteiger partial charge in [0.25, 0.3) is 11.8 Å². The minimum absolute atomic E-state index is 0.0477. The van der Waals surface area contributed by atoms with E-state index in [1.165, 1.54) is 6.07 Å². The van der Waals surface area contributed by atoms with Crippen molar-refractivity contribution in [3.8, 4) is 0 Å². The highest BCUT2D eigenvalue weighted by molar-refractivity contribution is 6.34. The van der Waals surface area contributed by atoms with Crippen molar-refractivity contribution in [1.29, 1.82) is 0 Å². The molecule has 0 spiro atoms. The number of benzene rings is 1. The van der Waals surface area contributed by atoms with Crippen LogP contribution in [0.15, 0.2) is 35.4 Å². The van der Waals surface area contributed by atoms with Gasteiger partial charge in [-0.3, -0.25) is 19.2 Å². The molecule has 180 valence electrons. The zero-order valence-corrected chi connectivity index (χ0v) is 19.5. The number of rotatable bonds is 4. The first-order valence-electron chi connectivity index (χ1n) is 11.4.